The minimum atomic E-state index is -2.94. The van der Waals surface area contributed by atoms with Crippen LogP contribution >= 0.6 is 0 Å². The second-order valence-electron chi connectivity index (χ2n) is 29.5. The van der Waals surface area contributed by atoms with Gasteiger partial charge in [0.1, 0.15) is 60.1 Å². The van der Waals surface area contributed by atoms with Gasteiger partial charge < -0.3 is 79.4 Å². The molecule has 0 aliphatic carbocycles. The first kappa shape index (κ1) is 71.5. The fourth-order valence-electron chi connectivity index (χ4n) is 16.2. The maximum absolute atomic E-state index is 14.0. The summed E-state index contributed by atoms with van der Waals surface area (Å²) in [5.74, 6) is 3.22. The van der Waals surface area contributed by atoms with Crippen molar-refractivity contribution >= 4 is 67.6 Å². The molecule has 10 heterocycles. The summed E-state index contributed by atoms with van der Waals surface area (Å²) in [6.45, 7) is 7.30. The molecule has 4 saturated heterocycles. The quantitative estimate of drug-likeness (QED) is 0.0370. The van der Waals surface area contributed by atoms with Crippen LogP contribution < -0.4 is 30.7 Å². The Labute approximate surface area is 614 Å². The summed E-state index contributed by atoms with van der Waals surface area (Å²) in [7, 11) is 2.50. The molecular formula is C78H94F4N14O10. The summed E-state index contributed by atoms with van der Waals surface area (Å²) >= 11 is 0. The highest BCUT2D eigenvalue weighted by Crippen LogP contribution is 2.47. The highest BCUT2D eigenvalue weighted by molar-refractivity contribution is 6.08. The topological polar surface area (TPSA) is 293 Å². The molecule has 28 heteroatoms. The molecule has 0 bridgehead atoms. The van der Waals surface area contributed by atoms with Gasteiger partial charge in [-0.05, 0) is 163 Å². The molecule has 4 aromatic heterocycles. The van der Waals surface area contributed by atoms with Gasteiger partial charge in [-0.2, -0.15) is 17.6 Å². The Balaban J connectivity index is 0.000000226. The number of rotatable bonds is 18. The second kappa shape index (κ2) is 29.6. The average molecular weight is 1460 g/mol. The van der Waals surface area contributed by atoms with Crippen molar-refractivity contribution in [2.45, 2.75) is 155 Å². The lowest BCUT2D eigenvalue weighted by Crippen LogP contribution is -2.52. The van der Waals surface area contributed by atoms with E-state index < -0.39 is 43.5 Å². The number of aromatic nitrogens is 8. The van der Waals surface area contributed by atoms with Crippen molar-refractivity contribution < 1.29 is 70.9 Å². The lowest BCUT2D eigenvalue weighted by atomic mass is 9.92. The van der Waals surface area contributed by atoms with Crippen LogP contribution in [0.15, 0.2) is 97.3 Å². The SMILES string of the molecule is COC(=O)N[C@H](C(=O)N1C[C@@H](COC(F)F)C[C@H]1c1ncc(-c2ccc3c(c2)COc2cc4c(ccc5[nH]c([C@@H]6CC[C@H](C)N6C(=O)[C@@H](NC(=O)OC)C(C)C)nc54)cc2-3)[nH]1)C(C)C.C[C@H]1CC[C@@H](c2nc3c(ccc4cc5c(cc43)OCc3cc(-c4cnc([C@@H]6C[C@H](COC(F)F)CN6)[nH]4)ccc3-5)[nH]2)N1.[HH].[HH].[HH].[HH]. The molecule has 0 unspecified atom stereocenters. The van der Waals surface area contributed by atoms with E-state index in [9.17, 15) is 36.7 Å². The molecule has 0 spiro atoms. The summed E-state index contributed by atoms with van der Waals surface area (Å²) < 4.78 is 82.3. The molecular weight excluding hydrogens is 1370 g/mol. The van der Waals surface area contributed by atoms with Gasteiger partial charge >= 0.3 is 25.4 Å². The zero-order valence-corrected chi connectivity index (χ0v) is 60.1. The minimum Gasteiger partial charge on any atom is -0.488 e. The second-order valence-corrected chi connectivity index (χ2v) is 29.5. The lowest BCUT2D eigenvalue weighted by Gasteiger charge is -2.32. The van der Waals surface area contributed by atoms with Crippen LogP contribution in [0.5, 0.6) is 11.5 Å². The first-order valence-corrected chi connectivity index (χ1v) is 36.3. The number of likely N-dealkylation sites (tertiary alicyclic amines) is 2. The predicted molar refractivity (Wildman–Crippen MR) is 397 cm³/mol. The number of alkyl carbamates (subject to hydrolysis) is 2. The van der Waals surface area contributed by atoms with Gasteiger partial charge in [0.25, 0.3) is 0 Å². The van der Waals surface area contributed by atoms with Crippen LogP contribution in [0.25, 0.3) is 88.4 Å². The average Bonchev–Trinajstić information content (AvgIpc) is 1.44. The number of carbonyl (C=O) groups excluding carboxylic acids is 4. The number of carbonyl (C=O) groups is 4. The first-order valence-electron chi connectivity index (χ1n) is 36.3. The molecule has 16 rings (SSSR count). The van der Waals surface area contributed by atoms with Gasteiger partial charge in [-0.25, -0.2) is 29.5 Å². The van der Waals surface area contributed by atoms with Crippen LogP contribution in [0.2, 0.25) is 0 Å². The summed E-state index contributed by atoms with van der Waals surface area (Å²) in [4.78, 5) is 88.9. The summed E-state index contributed by atoms with van der Waals surface area (Å²) in [5.41, 5.74) is 13.4. The standard InChI is InChI=1S/C46H54F2N8O8.C32H32F2N6O2.4H2/c1-22(2)37(53-45(59)61-6)42(57)55-19-25(20-64-44(47)48)14-35(55)40-49-18-33(51-40)27-9-11-29-28(15-27)21-63-36-17-30-26(16-31(29)36)10-12-32-39(30)52-41(50-32)34-13-8-24(5)56(34)43(58)38(23(3)4)54-46(60)62-7;1-16-2-6-25(37-16)31-38-24-7-4-18-10-23-21-5-3-19(9-20(21)15-41-28(23)11-22(18)29(24)40-31)27-13-36-30(39-27)26-8-17(12-35-26)14-42-32(33)34;;;;/h9-12,15-18,22-25,34-35,37-38,44H,8,13-14,19-21H2,1-7H3,(H,49,51)(H,50,52)(H,53,59)(H,54,60);3-5,7,9-11,13,16-17,25-26,32,35,37H,2,6,8,12,14-15H2,1H3,(H,36,39)(H,38,40);4*1H/t24-,25-,34-,35-,37-,38-;16-,17-,25-,26-;;;;/m00..../s1. The summed E-state index contributed by atoms with van der Waals surface area (Å²) in [5, 5.41) is 16.4. The van der Waals surface area contributed by atoms with E-state index in [0.717, 1.165) is 137 Å². The molecule has 6 aliphatic heterocycles. The number of aromatic amines is 4. The van der Waals surface area contributed by atoms with Crippen molar-refractivity contribution in [2.24, 2.45) is 23.7 Å². The van der Waals surface area contributed by atoms with Crippen molar-refractivity contribution in [3.8, 4) is 56.3 Å². The first-order chi connectivity index (χ1) is 51.1. The van der Waals surface area contributed by atoms with E-state index in [2.05, 4.69) is 116 Å². The van der Waals surface area contributed by atoms with E-state index in [1.165, 1.54) is 14.2 Å². The van der Waals surface area contributed by atoms with Crippen molar-refractivity contribution in [2.75, 3.05) is 40.5 Å². The third-order valence-corrected chi connectivity index (χ3v) is 21.7. The van der Waals surface area contributed by atoms with Crippen molar-refractivity contribution in [3.05, 3.63) is 132 Å². The minimum absolute atomic E-state index is 0. The van der Waals surface area contributed by atoms with Crippen LogP contribution in [-0.4, -0.2) is 152 Å². The maximum atomic E-state index is 14.0. The molecule has 8 N–H and O–H groups in total. The van der Waals surface area contributed by atoms with Gasteiger partial charge in [-0.3, -0.25) is 9.59 Å². The normalized spacial score (nSPS) is 21.6. The Morgan fingerprint density at radius 3 is 1.69 bits per heavy atom. The van der Waals surface area contributed by atoms with Gasteiger partial charge in [-0.15, -0.1) is 0 Å². The largest absolute Gasteiger partial charge is 0.488 e. The number of ether oxygens (including phenoxy) is 6. The number of halogens is 4. The highest BCUT2D eigenvalue weighted by Gasteiger charge is 2.44. The maximum Gasteiger partial charge on any atom is 0.407 e. The van der Waals surface area contributed by atoms with E-state index >= 15 is 0 Å². The highest BCUT2D eigenvalue weighted by atomic mass is 19.3. The van der Waals surface area contributed by atoms with Gasteiger partial charge in [0.05, 0.1) is 97.4 Å². The number of fused-ring (bicyclic) bond motifs is 12. The molecule has 0 radical (unpaired) electrons. The summed E-state index contributed by atoms with van der Waals surface area (Å²) in [6, 6.07) is 27.4. The van der Waals surface area contributed by atoms with E-state index in [1.54, 1.807) is 24.9 Å². The molecule has 6 aliphatic rings. The van der Waals surface area contributed by atoms with Gasteiger partial charge in [0, 0.05) is 58.7 Å². The van der Waals surface area contributed by atoms with Crippen molar-refractivity contribution in [1.82, 2.24) is 70.9 Å². The smallest absolute Gasteiger partial charge is 0.407 e. The molecule has 564 valence electrons. The fraction of sp³-hybridized carbons (Fsp3) is 0.436. The Bertz CT molecular complexity index is 5000. The van der Waals surface area contributed by atoms with Gasteiger partial charge in [-0.1, -0.05) is 64.1 Å². The van der Waals surface area contributed by atoms with Gasteiger partial charge in [0.2, 0.25) is 11.8 Å². The Morgan fingerprint density at radius 1 is 0.585 bits per heavy atom. The van der Waals surface area contributed by atoms with Crippen LogP contribution in [-0.2, 0) is 41.8 Å². The third-order valence-electron chi connectivity index (χ3n) is 21.7. The predicted octanol–water partition coefficient (Wildman–Crippen LogP) is 15.0. The van der Waals surface area contributed by atoms with E-state index in [-0.39, 0.29) is 85.1 Å². The van der Waals surface area contributed by atoms with E-state index in [1.807, 2.05) is 68.3 Å². The molecule has 6 aromatic carbocycles. The Hall–Kier alpha value is -10.2. The number of imidazole rings is 4. The number of hydrogen-bond donors (Lipinski definition) is 8. The van der Waals surface area contributed by atoms with Gasteiger partial charge in [0.15, 0.2) is 0 Å². The van der Waals surface area contributed by atoms with Crippen LogP contribution in [0.1, 0.15) is 144 Å². The third kappa shape index (κ3) is 14.2. The van der Waals surface area contributed by atoms with Crippen molar-refractivity contribution in [1.29, 1.82) is 0 Å². The van der Waals surface area contributed by atoms with Crippen molar-refractivity contribution in [3.63, 3.8) is 0 Å². The monoisotopic (exact) mass is 1460 g/mol. The molecule has 4 amide bonds. The van der Waals surface area contributed by atoms with E-state index in [4.69, 9.17) is 28.9 Å². The Morgan fingerprint density at radius 2 is 1.13 bits per heavy atom. The molecule has 10 atom stereocenters. The molecule has 10 aromatic rings. The summed E-state index contributed by atoms with van der Waals surface area (Å²) in [6.07, 6.45) is 6.91. The fourth-order valence-corrected chi connectivity index (χ4v) is 16.2. The van der Waals surface area contributed by atoms with Crippen LogP contribution in [0, 0.1) is 23.7 Å². The number of alkyl halides is 4. The van der Waals surface area contributed by atoms with Crippen LogP contribution in [0.3, 0.4) is 0 Å². The molecule has 0 saturated carbocycles. The zero-order valence-electron chi connectivity index (χ0n) is 60.1. The number of nitrogens with one attached hydrogen (secondary N) is 8. The van der Waals surface area contributed by atoms with E-state index in [0.29, 0.717) is 61.7 Å². The Kier molecular flexibility index (Phi) is 20.0. The number of benzene rings is 6. The zero-order chi connectivity index (χ0) is 73.9. The number of H-pyrrole nitrogens is 4. The number of methoxy groups -OCH3 is 2. The number of nitrogens with zero attached hydrogens (tertiary/aromatic N) is 6. The molecule has 24 nitrogen and oxygen atoms in total. The lowest BCUT2D eigenvalue weighted by molar-refractivity contribution is -0.140. The number of amides is 4. The number of hydrogen-bond acceptors (Lipinski definition) is 16. The molecule has 4 fully saturated rings. The molecule has 106 heavy (non-hydrogen) atoms. The van der Waals surface area contributed by atoms with Crippen LogP contribution in [0.4, 0.5) is 27.2 Å².